The van der Waals surface area contributed by atoms with Gasteiger partial charge in [-0.25, -0.2) is 0 Å². The van der Waals surface area contributed by atoms with E-state index >= 15 is 0 Å². The lowest BCUT2D eigenvalue weighted by Crippen LogP contribution is -2.03. The summed E-state index contributed by atoms with van der Waals surface area (Å²) in [6.07, 6.45) is 4.63. The number of hydrogen-bond acceptors (Lipinski definition) is 3. The highest BCUT2D eigenvalue weighted by molar-refractivity contribution is 5.82. The first-order valence-corrected chi connectivity index (χ1v) is 7.63. The number of unbranched alkanes of at least 4 members (excludes halogenated alkanes) is 1. The molecule has 0 aliphatic heterocycles. The van der Waals surface area contributed by atoms with Crippen molar-refractivity contribution in [3.63, 3.8) is 0 Å². The van der Waals surface area contributed by atoms with Crippen LogP contribution in [0.1, 0.15) is 32.6 Å². The van der Waals surface area contributed by atoms with Crippen LogP contribution in [0.2, 0.25) is 0 Å². The van der Waals surface area contributed by atoms with Crippen LogP contribution in [-0.2, 0) is 14.3 Å². The van der Waals surface area contributed by atoms with Crippen LogP contribution >= 0.6 is 0 Å². The summed E-state index contributed by atoms with van der Waals surface area (Å²) in [6.45, 7) is 2.01. The van der Waals surface area contributed by atoms with E-state index < -0.39 is 11.9 Å². The van der Waals surface area contributed by atoms with Crippen LogP contribution in [0.5, 0.6) is 0 Å². The standard InChI is InChI=1S/C10H8.C9H14O4/c1-2-6-10-8-4-3-7-9(10)5-1;1-2-3-4-7-13-9(12)6-5-8(10)11/h1-8H;4,7H,2-3,5-6H2,1H3,(H,10,11). The van der Waals surface area contributed by atoms with Gasteiger partial charge in [0.1, 0.15) is 0 Å². The van der Waals surface area contributed by atoms with Crippen molar-refractivity contribution in [2.24, 2.45) is 0 Å². The van der Waals surface area contributed by atoms with Crippen molar-refractivity contribution in [1.29, 1.82) is 0 Å². The minimum atomic E-state index is -0.991. The largest absolute Gasteiger partial charge is 0.481 e. The summed E-state index contributed by atoms with van der Waals surface area (Å²) in [6, 6.07) is 16.7. The monoisotopic (exact) mass is 314 g/mol. The molecule has 0 aliphatic rings. The summed E-state index contributed by atoms with van der Waals surface area (Å²) in [5.41, 5.74) is 0. The van der Waals surface area contributed by atoms with Gasteiger partial charge in [-0.05, 0) is 23.3 Å². The van der Waals surface area contributed by atoms with E-state index in [-0.39, 0.29) is 12.8 Å². The molecule has 0 aromatic heterocycles. The van der Waals surface area contributed by atoms with Crippen LogP contribution < -0.4 is 0 Å². The number of fused-ring (bicyclic) bond motifs is 1. The van der Waals surface area contributed by atoms with E-state index in [1.807, 2.05) is 6.92 Å². The van der Waals surface area contributed by atoms with Crippen LogP contribution in [0.15, 0.2) is 60.9 Å². The van der Waals surface area contributed by atoms with Gasteiger partial charge in [-0.15, -0.1) is 0 Å². The van der Waals surface area contributed by atoms with Crippen LogP contribution in [0.25, 0.3) is 10.8 Å². The molecule has 4 heteroatoms. The number of aliphatic carboxylic acids is 1. The van der Waals surface area contributed by atoms with Crippen molar-refractivity contribution in [2.45, 2.75) is 32.6 Å². The number of benzene rings is 2. The highest BCUT2D eigenvalue weighted by atomic mass is 16.5. The van der Waals surface area contributed by atoms with Crippen molar-refractivity contribution in [1.82, 2.24) is 0 Å². The predicted octanol–water partition coefficient (Wildman–Crippen LogP) is 4.55. The first-order chi connectivity index (χ1) is 11.1. The van der Waals surface area contributed by atoms with E-state index in [0.29, 0.717) is 0 Å². The van der Waals surface area contributed by atoms with E-state index in [1.165, 1.54) is 17.0 Å². The van der Waals surface area contributed by atoms with E-state index in [0.717, 1.165) is 12.8 Å². The maximum absolute atomic E-state index is 10.8. The van der Waals surface area contributed by atoms with Gasteiger partial charge in [-0.3, -0.25) is 9.59 Å². The van der Waals surface area contributed by atoms with Gasteiger partial charge in [0.2, 0.25) is 0 Å². The van der Waals surface area contributed by atoms with E-state index in [9.17, 15) is 9.59 Å². The number of allylic oxidation sites excluding steroid dienone is 1. The molecule has 0 radical (unpaired) electrons. The van der Waals surface area contributed by atoms with E-state index in [1.54, 1.807) is 6.08 Å². The molecular formula is C19H22O4. The summed E-state index contributed by atoms with van der Waals surface area (Å²) in [4.78, 5) is 20.8. The average molecular weight is 314 g/mol. The Kier molecular flexibility index (Phi) is 8.83. The lowest BCUT2D eigenvalue weighted by atomic mass is 10.1. The first kappa shape index (κ1) is 18.4. The molecule has 4 nitrogen and oxygen atoms in total. The molecule has 0 aliphatic carbocycles. The number of carboxylic acids is 1. The molecule has 2 aromatic rings. The molecule has 0 bridgehead atoms. The summed E-state index contributed by atoms with van der Waals surface area (Å²) in [5.74, 6) is -1.50. The van der Waals surface area contributed by atoms with Crippen molar-refractivity contribution in [3.05, 3.63) is 60.9 Å². The Morgan fingerprint density at radius 1 is 1.00 bits per heavy atom. The topological polar surface area (TPSA) is 63.6 Å². The molecule has 0 atom stereocenters. The molecule has 0 heterocycles. The van der Waals surface area contributed by atoms with Crippen molar-refractivity contribution in [2.75, 3.05) is 0 Å². The maximum Gasteiger partial charge on any atom is 0.311 e. The van der Waals surface area contributed by atoms with Gasteiger partial charge in [0.05, 0.1) is 19.1 Å². The summed E-state index contributed by atoms with van der Waals surface area (Å²) >= 11 is 0. The second kappa shape index (κ2) is 11.0. The lowest BCUT2D eigenvalue weighted by Gasteiger charge is -1.95. The molecule has 1 N–H and O–H groups in total. The maximum atomic E-state index is 10.8. The van der Waals surface area contributed by atoms with Gasteiger partial charge in [0, 0.05) is 0 Å². The van der Waals surface area contributed by atoms with Crippen LogP contribution in [-0.4, -0.2) is 17.0 Å². The van der Waals surface area contributed by atoms with Crippen molar-refractivity contribution in [3.8, 4) is 0 Å². The van der Waals surface area contributed by atoms with Crippen LogP contribution in [0.3, 0.4) is 0 Å². The molecule has 0 spiro atoms. The van der Waals surface area contributed by atoms with Crippen LogP contribution in [0.4, 0.5) is 0 Å². The van der Waals surface area contributed by atoms with Gasteiger partial charge in [-0.1, -0.05) is 61.9 Å². The summed E-state index contributed by atoms with van der Waals surface area (Å²) in [5, 5.41) is 10.9. The lowest BCUT2D eigenvalue weighted by molar-refractivity contribution is -0.144. The Labute approximate surface area is 136 Å². The van der Waals surface area contributed by atoms with Gasteiger partial charge in [0.15, 0.2) is 0 Å². The zero-order valence-electron chi connectivity index (χ0n) is 13.3. The van der Waals surface area contributed by atoms with Gasteiger partial charge >= 0.3 is 11.9 Å². The number of carbonyl (C=O) groups is 2. The number of hydrogen-bond donors (Lipinski definition) is 1. The second-order valence-corrected chi connectivity index (χ2v) is 4.89. The van der Waals surface area contributed by atoms with E-state index in [4.69, 9.17) is 5.11 Å². The molecule has 0 amide bonds. The summed E-state index contributed by atoms with van der Waals surface area (Å²) in [7, 11) is 0. The quantitative estimate of drug-likeness (QED) is 0.627. The van der Waals surface area contributed by atoms with Crippen molar-refractivity contribution < 1.29 is 19.4 Å². The average Bonchev–Trinajstić information content (AvgIpc) is 2.57. The number of ether oxygens (including phenoxy) is 1. The molecular weight excluding hydrogens is 292 g/mol. The fourth-order valence-corrected chi connectivity index (χ4v) is 1.76. The molecule has 2 rings (SSSR count). The van der Waals surface area contributed by atoms with Gasteiger partial charge < -0.3 is 9.84 Å². The first-order valence-electron chi connectivity index (χ1n) is 7.63. The minimum absolute atomic E-state index is 0.0776. The predicted molar refractivity (Wildman–Crippen MR) is 91.0 cm³/mol. The fraction of sp³-hybridized carbons (Fsp3) is 0.263. The molecule has 0 saturated heterocycles. The Morgan fingerprint density at radius 2 is 1.52 bits per heavy atom. The fourth-order valence-electron chi connectivity index (χ4n) is 1.76. The van der Waals surface area contributed by atoms with Gasteiger partial charge in [-0.2, -0.15) is 0 Å². The SMILES string of the molecule is CCCC=COC(=O)CCC(=O)O.c1ccc2ccccc2c1. The Balaban J connectivity index is 0.000000235. The molecule has 122 valence electrons. The molecule has 2 aromatic carbocycles. The third kappa shape index (κ3) is 8.41. The molecule has 0 unspecified atom stereocenters. The normalized spacial score (nSPS) is 10.1. The summed E-state index contributed by atoms with van der Waals surface area (Å²) < 4.78 is 4.61. The Morgan fingerprint density at radius 3 is 1.96 bits per heavy atom. The number of esters is 1. The van der Waals surface area contributed by atoms with Gasteiger partial charge in [0.25, 0.3) is 0 Å². The van der Waals surface area contributed by atoms with Crippen molar-refractivity contribution >= 4 is 22.7 Å². The van der Waals surface area contributed by atoms with Crippen LogP contribution in [0, 0.1) is 0 Å². The molecule has 0 fully saturated rings. The number of carbonyl (C=O) groups excluding carboxylic acids is 1. The zero-order valence-corrected chi connectivity index (χ0v) is 13.3. The smallest absolute Gasteiger partial charge is 0.311 e. The number of carboxylic acid groups (broad SMARTS) is 1. The second-order valence-electron chi connectivity index (χ2n) is 4.89. The third-order valence-electron chi connectivity index (χ3n) is 2.95. The minimum Gasteiger partial charge on any atom is -0.481 e. The number of rotatable bonds is 6. The molecule has 0 saturated carbocycles. The zero-order chi connectivity index (χ0) is 16.9. The molecule has 23 heavy (non-hydrogen) atoms. The van der Waals surface area contributed by atoms with E-state index in [2.05, 4.69) is 53.3 Å². The highest BCUT2D eigenvalue weighted by Gasteiger charge is 2.04. The Bertz CT molecular complexity index is 581. The Hall–Kier alpha value is -2.62. The third-order valence-corrected chi connectivity index (χ3v) is 2.95. The highest BCUT2D eigenvalue weighted by Crippen LogP contribution is 2.11.